The van der Waals surface area contributed by atoms with Gasteiger partial charge in [0.2, 0.25) is 0 Å². The first kappa shape index (κ1) is 8.79. The van der Waals surface area contributed by atoms with Crippen LogP contribution in [0.3, 0.4) is 0 Å². The molecule has 1 aliphatic carbocycles. The summed E-state index contributed by atoms with van der Waals surface area (Å²) in [6.07, 6.45) is 5.41. The van der Waals surface area contributed by atoms with Gasteiger partial charge in [0.05, 0.1) is 12.5 Å². The second-order valence-electron chi connectivity index (χ2n) is 4.39. The second-order valence-corrected chi connectivity index (χ2v) is 4.39. The van der Waals surface area contributed by atoms with E-state index >= 15 is 0 Å². The van der Waals surface area contributed by atoms with E-state index in [-0.39, 0.29) is 11.9 Å². The molecule has 0 N–H and O–H groups in total. The molecule has 1 aliphatic heterocycles. The SMILES string of the molecule is C[C@@H]1C=C[C@@H]2[C@@H](C)COC(=O)[C@@H]2C1. The molecule has 2 nitrogen and oxygen atoms in total. The van der Waals surface area contributed by atoms with Crippen molar-refractivity contribution < 1.29 is 9.53 Å². The van der Waals surface area contributed by atoms with Crippen molar-refractivity contribution in [1.29, 1.82) is 0 Å². The van der Waals surface area contributed by atoms with Crippen LogP contribution in [0.2, 0.25) is 0 Å². The van der Waals surface area contributed by atoms with Crippen molar-refractivity contribution in [2.24, 2.45) is 23.7 Å². The first-order valence-electron chi connectivity index (χ1n) is 5.03. The molecule has 0 amide bonds. The Kier molecular flexibility index (Phi) is 2.14. The molecule has 13 heavy (non-hydrogen) atoms. The fraction of sp³-hybridized carbons (Fsp3) is 0.727. The van der Waals surface area contributed by atoms with E-state index in [2.05, 4.69) is 26.0 Å². The van der Waals surface area contributed by atoms with E-state index in [1.165, 1.54) is 0 Å². The summed E-state index contributed by atoms with van der Waals surface area (Å²) in [4.78, 5) is 11.5. The van der Waals surface area contributed by atoms with E-state index in [0.29, 0.717) is 24.4 Å². The Balaban J connectivity index is 2.21. The highest BCUT2D eigenvalue weighted by molar-refractivity contribution is 5.74. The number of cyclic esters (lactones) is 1. The quantitative estimate of drug-likeness (QED) is 0.421. The minimum atomic E-state index is 0.0132. The van der Waals surface area contributed by atoms with Crippen molar-refractivity contribution >= 4 is 5.97 Å². The molecule has 1 saturated heterocycles. The van der Waals surface area contributed by atoms with Crippen LogP contribution in [0.4, 0.5) is 0 Å². The van der Waals surface area contributed by atoms with Gasteiger partial charge in [0.1, 0.15) is 0 Å². The van der Waals surface area contributed by atoms with Gasteiger partial charge in [0.15, 0.2) is 0 Å². The van der Waals surface area contributed by atoms with Crippen molar-refractivity contribution in [3.63, 3.8) is 0 Å². The molecule has 72 valence electrons. The van der Waals surface area contributed by atoms with Crippen LogP contribution >= 0.6 is 0 Å². The van der Waals surface area contributed by atoms with Gasteiger partial charge in [-0.3, -0.25) is 4.79 Å². The highest BCUT2D eigenvalue weighted by Crippen LogP contribution is 2.37. The standard InChI is InChI=1S/C11H16O2/c1-7-3-4-9-8(2)6-13-11(12)10(9)5-7/h3-4,7-10H,5-6H2,1-2H3/t7-,8+,9-,10-/m1/s1. The monoisotopic (exact) mass is 180 g/mol. The maximum atomic E-state index is 11.5. The molecule has 0 saturated carbocycles. The Bertz CT molecular complexity index is 244. The Morgan fingerprint density at radius 2 is 2.15 bits per heavy atom. The molecular weight excluding hydrogens is 164 g/mol. The summed E-state index contributed by atoms with van der Waals surface area (Å²) >= 11 is 0. The number of ether oxygens (including phenoxy) is 1. The lowest BCUT2D eigenvalue weighted by Gasteiger charge is -2.36. The molecule has 0 radical (unpaired) electrons. The zero-order valence-corrected chi connectivity index (χ0v) is 8.19. The van der Waals surface area contributed by atoms with Crippen molar-refractivity contribution in [1.82, 2.24) is 0 Å². The van der Waals surface area contributed by atoms with E-state index < -0.39 is 0 Å². The number of carbonyl (C=O) groups is 1. The third-order valence-electron chi connectivity index (χ3n) is 3.20. The number of hydrogen-bond acceptors (Lipinski definition) is 2. The summed E-state index contributed by atoms with van der Waals surface area (Å²) in [5.74, 6) is 1.59. The lowest BCUT2D eigenvalue weighted by Crippen LogP contribution is -2.39. The zero-order valence-electron chi connectivity index (χ0n) is 8.19. The Hall–Kier alpha value is -0.790. The van der Waals surface area contributed by atoms with Crippen LogP contribution in [0.5, 0.6) is 0 Å². The third-order valence-corrected chi connectivity index (χ3v) is 3.20. The van der Waals surface area contributed by atoms with Gasteiger partial charge in [0.25, 0.3) is 0 Å². The van der Waals surface area contributed by atoms with E-state index in [0.717, 1.165) is 6.42 Å². The molecule has 2 heteroatoms. The Morgan fingerprint density at radius 1 is 1.38 bits per heavy atom. The maximum absolute atomic E-state index is 11.5. The molecule has 2 rings (SSSR count). The van der Waals surface area contributed by atoms with E-state index in [4.69, 9.17) is 4.74 Å². The van der Waals surface area contributed by atoms with Gasteiger partial charge < -0.3 is 4.74 Å². The zero-order chi connectivity index (χ0) is 9.42. The fourth-order valence-corrected chi connectivity index (χ4v) is 2.36. The van der Waals surface area contributed by atoms with Gasteiger partial charge in [-0.25, -0.2) is 0 Å². The topological polar surface area (TPSA) is 26.3 Å². The molecule has 0 aromatic rings. The maximum Gasteiger partial charge on any atom is 0.309 e. The van der Waals surface area contributed by atoms with E-state index in [1.807, 2.05) is 0 Å². The highest BCUT2D eigenvalue weighted by Gasteiger charge is 2.38. The Morgan fingerprint density at radius 3 is 2.92 bits per heavy atom. The number of rotatable bonds is 0. The number of hydrogen-bond donors (Lipinski definition) is 0. The fourth-order valence-electron chi connectivity index (χ4n) is 2.36. The van der Waals surface area contributed by atoms with Crippen molar-refractivity contribution in [2.45, 2.75) is 20.3 Å². The summed E-state index contributed by atoms with van der Waals surface area (Å²) < 4.78 is 5.14. The van der Waals surface area contributed by atoms with Crippen LogP contribution in [0.1, 0.15) is 20.3 Å². The summed E-state index contributed by atoms with van der Waals surface area (Å²) in [6.45, 7) is 4.91. The van der Waals surface area contributed by atoms with Gasteiger partial charge >= 0.3 is 5.97 Å². The molecule has 0 aromatic carbocycles. The van der Waals surface area contributed by atoms with Crippen LogP contribution in [0.25, 0.3) is 0 Å². The first-order chi connectivity index (χ1) is 6.18. The van der Waals surface area contributed by atoms with Crippen molar-refractivity contribution in [3.05, 3.63) is 12.2 Å². The van der Waals surface area contributed by atoms with Gasteiger partial charge in [0, 0.05) is 0 Å². The summed E-state index contributed by atoms with van der Waals surface area (Å²) in [5.41, 5.74) is 0. The molecule has 0 aromatic heterocycles. The highest BCUT2D eigenvalue weighted by atomic mass is 16.5. The molecular formula is C11H16O2. The Labute approximate surface area is 79.0 Å². The molecule has 0 bridgehead atoms. The molecule has 4 atom stereocenters. The van der Waals surface area contributed by atoms with Gasteiger partial charge in [-0.1, -0.05) is 26.0 Å². The van der Waals surface area contributed by atoms with Crippen LogP contribution in [0.15, 0.2) is 12.2 Å². The predicted molar refractivity (Wildman–Crippen MR) is 50.0 cm³/mol. The van der Waals surface area contributed by atoms with E-state index in [9.17, 15) is 4.79 Å². The third kappa shape index (κ3) is 1.50. The molecule has 1 fully saturated rings. The first-order valence-corrected chi connectivity index (χ1v) is 5.03. The average molecular weight is 180 g/mol. The molecule has 1 heterocycles. The van der Waals surface area contributed by atoms with Crippen LogP contribution in [0, 0.1) is 23.7 Å². The van der Waals surface area contributed by atoms with E-state index in [1.54, 1.807) is 0 Å². The summed E-state index contributed by atoms with van der Waals surface area (Å²) in [5, 5.41) is 0. The molecule has 0 unspecified atom stereocenters. The predicted octanol–water partition coefficient (Wildman–Crippen LogP) is 2.01. The minimum absolute atomic E-state index is 0.0132. The number of esters is 1. The average Bonchev–Trinajstić information content (AvgIpc) is 2.12. The number of allylic oxidation sites excluding steroid dienone is 2. The summed E-state index contributed by atoms with van der Waals surface area (Å²) in [7, 11) is 0. The molecule has 2 aliphatic rings. The van der Waals surface area contributed by atoms with Crippen LogP contribution in [-0.4, -0.2) is 12.6 Å². The van der Waals surface area contributed by atoms with Gasteiger partial charge in [-0.05, 0) is 24.2 Å². The summed E-state index contributed by atoms with van der Waals surface area (Å²) in [6, 6.07) is 0. The number of fused-ring (bicyclic) bond motifs is 1. The van der Waals surface area contributed by atoms with Crippen LogP contribution in [-0.2, 0) is 9.53 Å². The number of carbonyl (C=O) groups excluding carboxylic acids is 1. The normalized spacial score (nSPS) is 44.0. The lowest BCUT2D eigenvalue weighted by atomic mass is 9.73. The van der Waals surface area contributed by atoms with Gasteiger partial charge in [-0.15, -0.1) is 0 Å². The lowest BCUT2D eigenvalue weighted by molar-refractivity contribution is -0.160. The molecule has 0 spiro atoms. The van der Waals surface area contributed by atoms with Gasteiger partial charge in [-0.2, -0.15) is 0 Å². The smallest absolute Gasteiger partial charge is 0.309 e. The second kappa shape index (κ2) is 3.17. The van der Waals surface area contributed by atoms with Crippen LogP contribution < -0.4 is 0 Å². The van der Waals surface area contributed by atoms with Crippen molar-refractivity contribution in [2.75, 3.05) is 6.61 Å². The van der Waals surface area contributed by atoms with Crippen molar-refractivity contribution in [3.8, 4) is 0 Å². The minimum Gasteiger partial charge on any atom is -0.465 e. The largest absolute Gasteiger partial charge is 0.465 e.